The monoisotopic (exact) mass is 286 g/mol. The van der Waals surface area contributed by atoms with Gasteiger partial charge in [-0.1, -0.05) is 37.3 Å². The van der Waals surface area contributed by atoms with Gasteiger partial charge in [0.2, 0.25) is 17.8 Å². The molecule has 1 unspecified atom stereocenters. The molecule has 1 heterocycles. The summed E-state index contributed by atoms with van der Waals surface area (Å²) < 4.78 is 0. The second-order valence-corrected chi connectivity index (χ2v) is 4.94. The SMILES string of the molecule is CCC(Nc1nc(NC)nc(N(C)C)n1)c1ccccc1. The zero-order chi connectivity index (χ0) is 15.2. The molecule has 6 heteroatoms. The Morgan fingerprint density at radius 2 is 1.71 bits per heavy atom. The van der Waals surface area contributed by atoms with Gasteiger partial charge >= 0.3 is 0 Å². The summed E-state index contributed by atoms with van der Waals surface area (Å²) in [4.78, 5) is 15.0. The molecule has 112 valence electrons. The molecular weight excluding hydrogens is 264 g/mol. The maximum atomic E-state index is 4.45. The Kier molecular flexibility index (Phi) is 4.92. The molecule has 0 radical (unpaired) electrons. The van der Waals surface area contributed by atoms with E-state index in [0.29, 0.717) is 17.8 Å². The van der Waals surface area contributed by atoms with Gasteiger partial charge in [0, 0.05) is 21.1 Å². The Labute approximate surface area is 125 Å². The summed E-state index contributed by atoms with van der Waals surface area (Å²) in [5, 5.41) is 6.35. The molecule has 0 saturated carbocycles. The molecule has 0 amide bonds. The standard InChI is InChI=1S/C15H22N6/c1-5-12(11-9-7-6-8-10-11)17-14-18-13(16-2)19-15(20-14)21(3)4/h6-10,12H,5H2,1-4H3,(H2,16,17,18,19,20). The first-order valence-electron chi connectivity index (χ1n) is 7.06. The summed E-state index contributed by atoms with van der Waals surface area (Å²) in [6.45, 7) is 2.14. The summed E-state index contributed by atoms with van der Waals surface area (Å²) in [6, 6.07) is 10.5. The topological polar surface area (TPSA) is 66.0 Å². The van der Waals surface area contributed by atoms with Gasteiger partial charge in [-0.3, -0.25) is 0 Å². The van der Waals surface area contributed by atoms with Crippen LogP contribution in [-0.4, -0.2) is 36.1 Å². The first-order valence-corrected chi connectivity index (χ1v) is 7.06. The van der Waals surface area contributed by atoms with E-state index in [2.05, 4.69) is 44.6 Å². The van der Waals surface area contributed by atoms with E-state index in [9.17, 15) is 0 Å². The van der Waals surface area contributed by atoms with Crippen molar-refractivity contribution in [1.82, 2.24) is 15.0 Å². The largest absolute Gasteiger partial charge is 0.357 e. The van der Waals surface area contributed by atoms with Gasteiger partial charge in [-0.05, 0) is 12.0 Å². The van der Waals surface area contributed by atoms with Crippen molar-refractivity contribution in [1.29, 1.82) is 0 Å². The lowest BCUT2D eigenvalue weighted by Crippen LogP contribution is -2.18. The van der Waals surface area contributed by atoms with Crippen molar-refractivity contribution >= 4 is 17.8 Å². The molecular formula is C15H22N6. The van der Waals surface area contributed by atoms with Gasteiger partial charge in [-0.25, -0.2) is 0 Å². The lowest BCUT2D eigenvalue weighted by atomic mass is 10.1. The van der Waals surface area contributed by atoms with Gasteiger partial charge in [0.25, 0.3) is 0 Å². The normalized spacial score (nSPS) is 11.8. The minimum Gasteiger partial charge on any atom is -0.357 e. The molecule has 0 aliphatic rings. The zero-order valence-corrected chi connectivity index (χ0v) is 13.0. The van der Waals surface area contributed by atoms with E-state index in [0.717, 1.165) is 6.42 Å². The van der Waals surface area contributed by atoms with Crippen LogP contribution in [0.4, 0.5) is 17.8 Å². The van der Waals surface area contributed by atoms with Crippen LogP contribution in [0, 0.1) is 0 Å². The molecule has 0 saturated heterocycles. The third kappa shape index (κ3) is 3.81. The van der Waals surface area contributed by atoms with Crippen molar-refractivity contribution in [3.63, 3.8) is 0 Å². The number of rotatable bonds is 6. The van der Waals surface area contributed by atoms with Gasteiger partial charge in [-0.15, -0.1) is 0 Å². The average Bonchev–Trinajstić information content (AvgIpc) is 2.53. The van der Waals surface area contributed by atoms with Crippen LogP contribution in [-0.2, 0) is 0 Å². The summed E-state index contributed by atoms with van der Waals surface area (Å²) in [7, 11) is 5.62. The van der Waals surface area contributed by atoms with E-state index in [-0.39, 0.29) is 6.04 Å². The third-order valence-corrected chi connectivity index (χ3v) is 3.16. The van der Waals surface area contributed by atoms with Crippen LogP contribution in [0.25, 0.3) is 0 Å². The molecule has 1 atom stereocenters. The highest BCUT2D eigenvalue weighted by molar-refractivity contribution is 5.44. The van der Waals surface area contributed by atoms with Crippen molar-refractivity contribution < 1.29 is 0 Å². The number of hydrogen-bond acceptors (Lipinski definition) is 6. The molecule has 21 heavy (non-hydrogen) atoms. The van der Waals surface area contributed by atoms with Crippen LogP contribution >= 0.6 is 0 Å². The number of benzene rings is 1. The van der Waals surface area contributed by atoms with Crippen molar-refractivity contribution in [3.05, 3.63) is 35.9 Å². The van der Waals surface area contributed by atoms with Crippen LogP contribution in [0.15, 0.2) is 30.3 Å². The molecule has 1 aromatic carbocycles. The Balaban J connectivity index is 2.27. The fourth-order valence-corrected chi connectivity index (χ4v) is 2.00. The lowest BCUT2D eigenvalue weighted by molar-refractivity contribution is 0.736. The molecule has 0 aliphatic heterocycles. The Morgan fingerprint density at radius 1 is 1.05 bits per heavy atom. The van der Waals surface area contributed by atoms with Crippen LogP contribution in [0.5, 0.6) is 0 Å². The van der Waals surface area contributed by atoms with Gasteiger partial charge in [0.05, 0.1) is 6.04 Å². The summed E-state index contributed by atoms with van der Waals surface area (Å²) in [5.41, 5.74) is 1.22. The van der Waals surface area contributed by atoms with E-state index in [4.69, 9.17) is 0 Å². The van der Waals surface area contributed by atoms with Gasteiger partial charge in [-0.2, -0.15) is 15.0 Å². The number of anilines is 3. The predicted molar refractivity (Wildman–Crippen MR) is 86.8 cm³/mol. The first kappa shape index (κ1) is 15.0. The van der Waals surface area contributed by atoms with Gasteiger partial charge in [0.15, 0.2) is 0 Å². The third-order valence-electron chi connectivity index (χ3n) is 3.16. The molecule has 6 nitrogen and oxygen atoms in total. The number of nitrogens with zero attached hydrogens (tertiary/aromatic N) is 4. The van der Waals surface area contributed by atoms with Gasteiger partial charge < -0.3 is 15.5 Å². The van der Waals surface area contributed by atoms with Crippen molar-refractivity contribution in [2.75, 3.05) is 36.7 Å². The first-order chi connectivity index (χ1) is 10.1. The molecule has 0 aliphatic carbocycles. The van der Waals surface area contributed by atoms with E-state index in [1.807, 2.05) is 37.2 Å². The highest BCUT2D eigenvalue weighted by Gasteiger charge is 2.13. The fraction of sp³-hybridized carbons (Fsp3) is 0.400. The minimum absolute atomic E-state index is 0.174. The maximum absolute atomic E-state index is 4.45. The van der Waals surface area contributed by atoms with E-state index >= 15 is 0 Å². The van der Waals surface area contributed by atoms with Crippen LogP contribution < -0.4 is 15.5 Å². The van der Waals surface area contributed by atoms with Crippen molar-refractivity contribution in [2.24, 2.45) is 0 Å². The quantitative estimate of drug-likeness (QED) is 0.850. The molecule has 0 bridgehead atoms. The molecule has 0 spiro atoms. The summed E-state index contributed by atoms with van der Waals surface area (Å²) >= 11 is 0. The average molecular weight is 286 g/mol. The molecule has 1 aromatic heterocycles. The van der Waals surface area contributed by atoms with E-state index in [1.54, 1.807) is 7.05 Å². The molecule has 2 aromatic rings. The Hall–Kier alpha value is -2.37. The Morgan fingerprint density at radius 3 is 2.29 bits per heavy atom. The van der Waals surface area contributed by atoms with Crippen LogP contribution in [0.1, 0.15) is 24.9 Å². The van der Waals surface area contributed by atoms with E-state index in [1.165, 1.54) is 5.56 Å². The van der Waals surface area contributed by atoms with Crippen LogP contribution in [0.2, 0.25) is 0 Å². The summed E-state index contributed by atoms with van der Waals surface area (Å²) in [5.74, 6) is 1.76. The van der Waals surface area contributed by atoms with Crippen molar-refractivity contribution in [3.8, 4) is 0 Å². The van der Waals surface area contributed by atoms with Crippen molar-refractivity contribution in [2.45, 2.75) is 19.4 Å². The maximum Gasteiger partial charge on any atom is 0.231 e. The predicted octanol–water partition coefficient (Wildman–Crippen LogP) is 2.54. The zero-order valence-electron chi connectivity index (χ0n) is 13.0. The molecule has 2 rings (SSSR count). The van der Waals surface area contributed by atoms with Crippen LogP contribution in [0.3, 0.4) is 0 Å². The smallest absolute Gasteiger partial charge is 0.231 e. The number of hydrogen-bond donors (Lipinski definition) is 2. The fourth-order valence-electron chi connectivity index (χ4n) is 2.00. The second-order valence-electron chi connectivity index (χ2n) is 4.94. The number of aromatic nitrogens is 3. The second kappa shape index (κ2) is 6.88. The Bertz CT molecular complexity index is 570. The summed E-state index contributed by atoms with van der Waals surface area (Å²) in [6.07, 6.45) is 0.946. The molecule has 0 fully saturated rings. The molecule has 2 N–H and O–H groups in total. The highest BCUT2D eigenvalue weighted by Crippen LogP contribution is 2.21. The highest BCUT2D eigenvalue weighted by atomic mass is 15.3. The minimum atomic E-state index is 0.174. The number of nitrogens with one attached hydrogen (secondary N) is 2. The van der Waals surface area contributed by atoms with Gasteiger partial charge in [0.1, 0.15) is 0 Å². The van der Waals surface area contributed by atoms with E-state index < -0.39 is 0 Å². The lowest BCUT2D eigenvalue weighted by Gasteiger charge is -2.19.